The Labute approximate surface area is 89.7 Å². The predicted octanol–water partition coefficient (Wildman–Crippen LogP) is 0.998. The molecule has 0 atom stereocenters. The SMILES string of the molecule is Nc1ccncc1C(=O)CNCC(F)(F)F. The lowest BCUT2D eigenvalue weighted by Gasteiger charge is -2.08. The van der Waals surface area contributed by atoms with E-state index in [1.807, 2.05) is 5.32 Å². The Hall–Kier alpha value is -1.63. The Morgan fingerprint density at radius 1 is 1.50 bits per heavy atom. The molecule has 0 aromatic carbocycles. The highest BCUT2D eigenvalue weighted by Crippen LogP contribution is 2.12. The zero-order chi connectivity index (χ0) is 12.2. The molecule has 0 unspecified atom stereocenters. The number of anilines is 1. The summed E-state index contributed by atoms with van der Waals surface area (Å²) in [4.78, 5) is 15.1. The summed E-state index contributed by atoms with van der Waals surface area (Å²) in [6.45, 7) is -1.63. The Morgan fingerprint density at radius 2 is 2.19 bits per heavy atom. The number of aromatic nitrogens is 1. The van der Waals surface area contributed by atoms with E-state index in [-0.39, 0.29) is 11.3 Å². The van der Waals surface area contributed by atoms with E-state index in [0.29, 0.717) is 0 Å². The summed E-state index contributed by atoms with van der Waals surface area (Å²) in [6.07, 6.45) is -1.71. The number of carbonyl (C=O) groups is 1. The molecular formula is C9H10F3N3O. The van der Waals surface area contributed by atoms with Crippen LogP contribution in [0, 0.1) is 0 Å². The monoisotopic (exact) mass is 233 g/mol. The number of alkyl halides is 3. The lowest BCUT2D eigenvalue weighted by molar-refractivity contribution is -0.124. The van der Waals surface area contributed by atoms with Gasteiger partial charge in [-0.3, -0.25) is 9.78 Å². The van der Waals surface area contributed by atoms with Gasteiger partial charge in [0, 0.05) is 18.1 Å². The van der Waals surface area contributed by atoms with Crippen molar-refractivity contribution >= 4 is 11.5 Å². The van der Waals surface area contributed by atoms with Crippen molar-refractivity contribution in [1.29, 1.82) is 0 Å². The number of ketones is 1. The van der Waals surface area contributed by atoms with Gasteiger partial charge in [0.25, 0.3) is 0 Å². The van der Waals surface area contributed by atoms with Crippen molar-refractivity contribution in [3.8, 4) is 0 Å². The van der Waals surface area contributed by atoms with Gasteiger partial charge in [-0.1, -0.05) is 0 Å². The Kier molecular flexibility index (Phi) is 3.83. The van der Waals surface area contributed by atoms with Crippen LogP contribution in [0.1, 0.15) is 10.4 Å². The van der Waals surface area contributed by atoms with Crippen LogP contribution in [0.25, 0.3) is 0 Å². The van der Waals surface area contributed by atoms with Crippen molar-refractivity contribution in [2.45, 2.75) is 6.18 Å². The van der Waals surface area contributed by atoms with E-state index in [9.17, 15) is 18.0 Å². The Balaban J connectivity index is 2.51. The molecule has 0 saturated carbocycles. The van der Waals surface area contributed by atoms with E-state index in [1.54, 1.807) is 0 Å². The molecule has 0 bridgehead atoms. The number of nitrogens with zero attached hydrogens (tertiary/aromatic N) is 1. The van der Waals surface area contributed by atoms with E-state index in [1.165, 1.54) is 18.5 Å². The molecule has 3 N–H and O–H groups in total. The fourth-order valence-electron chi connectivity index (χ4n) is 1.05. The first-order chi connectivity index (χ1) is 7.40. The minimum absolute atomic E-state index is 0.122. The van der Waals surface area contributed by atoms with Gasteiger partial charge in [-0.2, -0.15) is 13.2 Å². The largest absolute Gasteiger partial charge is 0.401 e. The van der Waals surface area contributed by atoms with Crippen molar-refractivity contribution in [1.82, 2.24) is 10.3 Å². The van der Waals surface area contributed by atoms with Crippen LogP contribution >= 0.6 is 0 Å². The summed E-state index contributed by atoms with van der Waals surface area (Å²) in [5, 5.41) is 1.99. The summed E-state index contributed by atoms with van der Waals surface area (Å²) in [7, 11) is 0. The first-order valence-corrected chi connectivity index (χ1v) is 4.40. The molecule has 1 aromatic rings. The van der Waals surface area contributed by atoms with Gasteiger partial charge in [0.1, 0.15) is 0 Å². The molecule has 88 valence electrons. The molecule has 16 heavy (non-hydrogen) atoms. The summed E-state index contributed by atoms with van der Waals surface area (Å²) >= 11 is 0. The molecule has 0 radical (unpaired) electrons. The lowest BCUT2D eigenvalue weighted by Crippen LogP contribution is -2.33. The van der Waals surface area contributed by atoms with Crippen LogP contribution in [0.15, 0.2) is 18.5 Å². The van der Waals surface area contributed by atoms with Gasteiger partial charge in [0.05, 0.1) is 18.7 Å². The van der Waals surface area contributed by atoms with Gasteiger partial charge < -0.3 is 11.1 Å². The van der Waals surface area contributed by atoms with Crippen molar-refractivity contribution in [3.05, 3.63) is 24.0 Å². The smallest absolute Gasteiger partial charge is 0.398 e. The Bertz CT molecular complexity index is 379. The van der Waals surface area contributed by atoms with E-state index in [2.05, 4.69) is 4.98 Å². The number of rotatable bonds is 4. The molecule has 0 spiro atoms. The third-order valence-corrected chi connectivity index (χ3v) is 1.77. The van der Waals surface area contributed by atoms with Gasteiger partial charge >= 0.3 is 6.18 Å². The number of carbonyl (C=O) groups excluding carboxylic acids is 1. The summed E-state index contributed by atoms with van der Waals surface area (Å²) in [6, 6.07) is 1.41. The third-order valence-electron chi connectivity index (χ3n) is 1.77. The Morgan fingerprint density at radius 3 is 2.75 bits per heavy atom. The minimum Gasteiger partial charge on any atom is -0.398 e. The number of hydrogen-bond donors (Lipinski definition) is 2. The maximum Gasteiger partial charge on any atom is 0.401 e. The summed E-state index contributed by atoms with van der Waals surface area (Å²) < 4.78 is 35.3. The molecule has 1 heterocycles. The average Bonchev–Trinajstić information content (AvgIpc) is 2.16. The first-order valence-electron chi connectivity index (χ1n) is 4.40. The molecule has 4 nitrogen and oxygen atoms in total. The number of halogens is 3. The molecular weight excluding hydrogens is 223 g/mol. The molecule has 0 aliphatic carbocycles. The second-order valence-electron chi connectivity index (χ2n) is 3.10. The molecule has 1 aromatic heterocycles. The van der Waals surface area contributed by atoms with Crippen LogP contribution in [0.2, 0.25) is 0 Å². The minimum atomic E-state index is -4.33. The molecule has 0 aliphatic heterocycles. The maximum atomic E-state index is 11.8. The third kappa shape index (κ3) is 3.85. The van der Waals surface area contributed by atoms with Gasteiger partial charge in [-0.25, -0.2) is 0 Å². The summed E-state index contributed by atoms with van der Waals surface area (Å²) in [5.41, 5.74) is 5.79. The van der Waals surface area contributed by atoms with E-state index < -0.39 is 25.0 Å². The molecule has 1 rings (SSSR count). The number of nitrogens with two attached hydrogens (primary N) is 1. The van der Waals surface area contributed by atoms with Gasteiger partial charge in [-0.05, 0) is 6.07 Å². The van der Waals surface area contributed by atoms with Gasteiger partial charge in [-0.15, -0.1) is 0 Å². The normalized spacial score (nSPS) is 11.4. The highest BCUT2D eigenvalue weighted by Gasteiger charge is 2.26. The van der Waals surface area contributed by atoms with Crippen molar-refractivity contribution in [2.24, 2.45) is 0 Å². The topological polar surface area (TPSA) is 68.0 Å². The highest BCUT2D eigenvalue weighted by molar-refractivity contribution is 6.01. The predicted molar refractivity (Wildman–Crippen MR) is 51.9 cm³/mol. The van der Waals surface area contributed by atoms with Crippen molar-refractivity contribution < 1.29 is 18.0 Å². The quantitative estimate of drug-likeness (QED) is 0.761. The van der Waals surface area contributed by atoms with Crippen LogP contribution < -0.4 is 11.1 Å². The fraction of sp³-hybridized carbons (Fsp3) is 0.333. The molecule has 0 fully saturated rings. The number of hydrogen-bond acceptors (Lipinski definition) is 4. The number of nitrogens with one attached hydrogen (secondary N) is 1. The maximum absolute atomic E-state index is 11.8. The number of pyridine rings is 1. The van der Waals surface area contributed by atoms with E-state index in [0.717, 1.165) is 0 Å². The highest BCUT2D eigenvalue weighted by atomic mass is 19.4. The standard InChI is InChI=1S/C9H10F3N3O/c10-9(11,12)5-15-4-8(16)6-3-14-2-1-7(6)13/h1-3,15H,4-5H2,(H2,13,14). The van der Waals surface area contributed by atoms with Gasteiger partial charge in [0.2, 0.25) is 0 Å². The number of Topliss-reactive ketones (excluding diaryl/α,β-unsaturated/α-hetero) is 1. The van der Waals surface area contributed by atoms with Crippen LogP contribution in [-0.4, -0.2) is 30.0 Å². The van der Waals surface area contributed by atoms with E-state index >= 15 is 0 Å². The van der Waals surface area contributed by atoms with Crippen LogP contribution in [0.4, 0.5) is 18.9 Å². The first kappa shape index (κ1) is 12.4. The zero-order valence-corrected chi connectivity index (χ0v) is 8.21. The van der Waals surface area contributed by atoms with Crippen molar-refractivity contribution in [2.75, 3.05) is 18.8 Å². The number of nitrogen functional groups attached to an aromatic ring is 1. The molecule has 0 aliphatic rings. The zero-order valence-electron chi connectivity index (χ0n) is 8.21. The van der Waals surface area contributed by atoms with Crippen molar-refractivity contribution in [3.63, 3.8) is 0 Å². The average molecular weight is 233 g/mol. The van der Waals surface area contributed by atoms with Crippen LogP contribution in [-0.2, 0) is 0 Å². The lowest BCUT2D eigenvalue weighted by atomic mass is 10.1. The molecule has 0 saturated heterocycles. The molecule has 7 heteroatoms. The second-order valence-corrected chi connectivity index (χ2v) is 3.10. The van der Waals surface area contributed by atoms with E-state index in [4.69, 9.17) is 5.73 Å². The van der Waals surface area contributed by atoms with Gasteiger partial charge in [0.15, 0.2) is 5.78 Å². The van der Waals surface area contributed by atoms with Crippen LogP contribution in [0.5, 0.6) is 0 Å². The van der Waals surface area contributed by atoms with Crippen LogP contribution in [0.3, 0.4) is 0 Å². The second kappa shape index (κ2) is 4.93. The fourth-order valence-corrected chi connectivity index (χ4v) is 1.05. The summed E-state index contributed by atoms with van der Waals surface area (Å²) in [5.74, 6) is -0.519. The molecule has 0 amide bonds.